The first-order valence-corrected chi connectivity index (χ1v) is 7.36. The van der Waals surface area contributed by atoms with Crippen molar-refractivity contribution in [2.45, 2.75) is 57.9 Å². The Labute approximate surface area is 116 Å². The van der Waals surface area contributed by atoms with E-state index >= 15 is 0 Å². The van der Waals surface area contributed by atoms with Gasteiger partial charge in [0.1, 0.15) is 5.82 Å². The molecule has 2 heterocycles. The molecule has 0 aromatic carbocycles. The molecule has 106 valence electrons. The lowest BCUT2D eigenvalue weighted by Crippen LogP contribution is -2.30. The van der Waals surface area contributed by atoms with Gasteiger partial charge in [-0.2, -0.15) is 0 Å². The van der Waals surface area contributed by atoms with Crippen molar-refractivity contribution in [3.63, 3.8) is 0 Å². The molecule has 1 aliphatic rings. The SMILES string of the molecule is CC(C)(C)c1ccc(N2CCCC2CCCO)nc1. The minimum Gasteiger partial charge on any atom is -0.396 e. The standard InChI is InChI=1S/C16H26N2O/c1-16(2,3)13-8-9-15(17-12-13)18-10-4-6-14(18)7-5-11-19/h8-9,12,14,19H,4-7,10-11H2,1-3H3. The van der Waals surface area contributed by atoms with Crippen LogP contribution >= 0.6 is 0 Å². The summed E-state index contributed by atoms with van der Waals surface area (Å²) < 4.78 is 0. The molecule has 3 heteroatoms. The second-order valence-electron chi connectivity index (χ2n) is 6.51. The quantitative estimate of drug-likeness (QED) is 0.905. The summed E-state index contributed by atoms with van der Waals surface area (Å²) in [4.78, 5) is 7.05. The number of rotatable bonds is 4. The van der Waals surface area contributed by atoms with E-state index in [1.165, 1.54) is 18.4 Å². The Hall–Kier alpha value is -1.09. The molecule has 0 bridgehead atoms. The van der Waals surface area contributed by atoms with Crippen LogP contribution in [0.15, 0.2) is 18.3 Å². The Balaban J connectivity index is 2.08. The van der Waals surface area contributed by atoms with Gasteiger partial charge in [0, 0.05) is 25.4 Å². The van der Waals surface area contributed by atoms with Crippen LogP contribution in [0.4, 0.5) is 5.82 Å². The third kappa shape index (κ3) is 3.47. The highest BCUT2D eigenvalue weighted by Crippen LogP contribution is 2.28. The number of pyridine rings is 1. The van der Waals surface area contributed by atoms with E-state index in [1.807, 2.05) is 6.20 Å². The summed E-state index contributed by atoms with van der Waals surface area (Å²) in [5, 5.41) is 8.98. The van der Waals surface area contributed by atoms with Gasteiger partial charge >= 0.3 is 0 Å². The molecule has 1 atom stereocenters. The smallest absolute Gasteiger partial charge is 0.128 e. The Morgan fingerprint density at radius 2 is 2.16 bits per heavy atom. The van der Waals surface area contributed by atoms with Gasteiger partial charge in [0.25, 0.3) is 0 Å². The summed E-state index contributed by atoms with van der Waals surface area (Å²) >= 11 is 0. The van der Waals surface area contributed by atoms with Crippen LogP contribution in [-0.2, 0) is 5.41 Å². The van der Waals surface area contributed by atoms with Crippen LogP contribution in [0.3, 0.4) is 0 Å². The lowest BCUT2D eigenvalue weighted by Gasteiger charge is -2.26. The van der Waals surface area contributed by atoms with Crippen molar-refractivity contribution in [1.29, 1.82) is 0 Å². The first-order valence-electron chi connectivity index (χ1n) is 7.36. The number of anilines is 1. The molecule has 1 saturated heterocycles. The van der Waals surface area contributed by atoms with Crippen LogP contribution < -0.4 is 4.90 Å². The van der Waals surface area contributed by atoms with Crippen LogP contribution in [0.25, 0.3) is 0 Å². The highest BCUT2D eigenvalue weighted by molar-refractivity contribution is 5.42. The van der Waals surface area contributed by atoms with E-state index in [0.717, 1.165) is 25.2 Å². The highest BCUT2D eigenvalue weighted by atomic mass is 16.2. The van der Waals surface area contributed by atoms with Gasteiger partial charge in [0.2, 0.25) is 0 Å². The van der Waals surface area contributed by atoms with Gasteiger partial charge in [-0.15, -0.1) is 0 Å². The largest absolute Gasteiger partial charge is 0.396 e. The maximum Gasteiger partial charge on any atom is 0.128 e. The van der Waals surface area contributed by atoms with Crippen molar-refractivity contribution in [1.82, 2.24) is 4.98 Å². The summed E-state index contributed by atoms with van der Waals surface area (Å²) in [5.74, 6) is 1.09. The predicted molar refractivity (Wildman–Crippen MR) is 79.6 cm³/mol. The van der Waals surface area contributed by atoms with Crippen LogP contribution in [0.5, 0.6) is 0 Å². The lowest BCUT2D eigenvalue weighted by molar-refractivity contribution is 0.279. The second kappa shape index (κ2) is 5.91. The predicted octanol–water partition coefficient (Wildman–Crippen LogP) is 3.12. The maximum absolute atomic E-state index is 8.98. The second-order valence-corrected chi connectivity index (χ2v) is 6.51. The molecule has 1 aromatic heterocycles. The fraction of sp³-hybridized carbons (Fsp3) is 0.688. The molecule has 0 aliphatic carbocycles. The van der Waals surface area contributed by atoms with Crippen LogP contribution in [0.2, 0.25) is 0 Å². The zero-order chi connectivity index (χ0) is 13.9. The van der Waals surface area contributed by atoms with Gasteiger partial charge in [-0.25, -0.2) is 4.98 Å². The van der Waals surface area contributed by atoms with Gasteiger partial charge in [0.05, 0.1) is 0 Å². The molecule has 0 saturated carbocycles. The van der Waals surface area contributed by atoms with Gasteiger partial charge in [0.15, 0.2) is 0 Å². The number of aliphatic hydroxyl groups excluding tert-OH is 1. The van der Waals surface area contributed by atoms with E-state index in [2.05, 4.69) is 42.8 Å². The van der Waals surface area contributed by atoms with Crippen molar-refractivity contribution in [2.24, 2.45) is 0 Å². The normalized spacial score (nSPS) is 20.0. The van der Waals surface area contributed by atoms with Crippen LogP contribution in [0.1, 0.15) is 52.0 Å². The molecule has 1 fully saturated rings. The molecule has 2 rings (SSSR count). The monoisotopic (exact) mass is 262 g/mol. The van der Waals surface area contributed by atoms with Gasteiger partial charge in [-0.3, -0.25) is 0 Å². The molecule has 0 radical (unpaired) electrons. The van der Waals surface area contributed by atoms with Crippen molar-refractivity contribution in [3.05, 3.63) is 23.9 Å². The van der Waals surface area contributed by atoms with Gasteiger partial charge in [-0.05, 0) is 42.7 Å². The fourth-order valence-electron chi connectivity index (χ4n) is 2.76. The average Bonchev–Trinajstić information content (AvgIpc) is 2.83. The van der Waals surface area contributed by atoms with E-state index in [0.29, 0.717) is 12.6 Å². The van der Waals surface area contributed by atoms with E-state index in [9.17, 15) is 0 Å². The number of hydrogen-bond donors (Lipinski definition) is 1. The molecule has 19 heavy (non-hydrogen) atoms. The molecule has 1 aliphatic heterocycles. The molecule has 1 aromatic rings. The maximum atomic E-state index is 8.98. The number of aliphatic hydroxyl groups is 1. The van der Waals surface area contributed by atoms with Gasteiger partial charge < -0.3 is 10.0 Å². The minimum atomic E-state index is 0.160. The van der Waals surface area contributed by atoms with E-state index in [1.54, 1.807) is 0 Å². The Morgan fingerprint density at radius 1 is 1.37 bits per heavy atom. The first-order chi connectivity index (χ1) is 9.02. The fourth-order valence-corrected chi connectivity index (χ4v) is 2.76. The number of nitrogens with zero attached hydrogens (tertiary/aromatic N) is 2. The molecule has 3 nitrogen and oxygen atoms in total. The zero-order valence-electron chi connectivity index (χ0n) is 12.4. The minimum absolute atomic E-state index is 0.160. The van der Waals surface area contributed by atoms with Crippen LogP contribution in [-0.4, -0.2) is 29.3 Å². The van der Waals surface area contributed by atoms with E-state index in [4.69, 9.17) is 5.11 Å². The van der Waals surface area contributed by atoms with Crippen molar-refractivity contribution < 1.29 is 5.11 Å². The number of aromatic nitrogens is 1. The van der Waals surface area contributed by atoms with E-state index < -0.39 is 0 Å². The summed E-state index contributed by atoms with van der Waals surface area (Å²) in [5.41, 5.74) is 1.44. The number of hydrogen-bond acceptors (Lipinski definition) is 3. The van der Waals surface area contributed by atoms with Gasteiger partial charge in [-0.1, -0.05) is 26.8 Å². The molecule has 0 spiro atoms. The lowest BCUT2D eigenvalue weighted by atomic mass is 9.88. The molecular formula is C16H26N2O. The molecular weight excluding hydrogens is 236 g/mol. The Bertz CT molecular complexity index is 394. The summed E-state index contributed by atoms with van der Waals surface area (Å²) in [6.45, 7) is 8.02. The highest BCUT2D eigenvalue weighted by Gasteiger charge is 2.25. The van der Waals surface area contributed by atoms with Crippen LogP contribution in [0, 0.1) is 0 Å². The topological polar surface area (TPSA) is 36.4 Å². The summed E-state index contributed by atoms with van der Waals surface area (Å²) in [6.07, 6.45) is 6.43. The van der Waals surface area contributed by atoms with E-state index in [-0.39, 0.29) is 5.41 Å². The molecule has 1 unspecified atom stereocenters. The zero-order valence-corrected chi connectivity index (χ0v) is 12.4. The molecule has 1 N–H and O–H groups in total. The summed E-state index contributed by atoms with van der Waals surface area (Å²) in [6, 6.07) is 4.90. The third-order valence-electron chi connectivity index (χ3n) is 3.98. The third-order valence-corrected chi connectivity index (χ3v) is 3.98. The first kappa shape index (κ1) is 14.3. The van der Waals surface area contributed by atoms with Crippen molar-refractivity contribution in [3.8, 4) is 0 Å². The van der Waals surface area contributed by atoms with Crippen molar-refractivity contribution >= 4 is 5.82 Å². The Kier molecular flexibility index (Phi) is 4.46. The Morgan fingerprint density at radius 3 is 2.74 bits per heavy atom. The van der Waals surface area contributed by atoms with Crippen molar-refractivity contribution in [2.75, 3.05) is 18.1 Å². The average molecular weight is 262 g/mol. The summed E-state index contributed by atoms with van der Waals surface area (Å²) in [7, 11) is 0. The molecule has 0 amide bonds.